The zero-order valence-corrected chi connectivity index (χ0v) is 14.3. The Morgan fingerprint density at radius 1 is 1.19 bits per heavy atom. The van der Waals surface area contributed by atoms with Crippen LogP contribution in [-0.4, -0.2) is 22.6 Å². The molecule has 4 nitrogen and oxygen atoms in total. The highest BCUT2D eigenvalue weighted by Crippen LogP contribution is 2.46. The lowest BCUT2D eigenvalue weighted by Crippen LogP contribution is -2.40. The SMILES string of the molecule is CCOc1cc(C)nc(NC2CC(C)(C)CC(C)(C)C2)n1. The van der Waals surface area contributed by atoms with Crippen LogP contribution in [0.5, 0.6) is 5.88 Å². The lowest BCUT2D eigenvalue weighted by molar-refractivity contribution is 0.105. The molecule has 0 aliphatic heterocycles. The van der Waals surface area contributed by atoms with Gasteiger partial charge in [0.05, 0.1) is 6.61 Å². The zero-order chi connectivity index (χ0) is 15.7. The Balaban J connectivity index is 2.13. The summed E-state index contributed by atoms with van der Waals surface area (Å²) in [5, 5.41) is 3.53. The molecule has 21 heavy (non-hydrogen) atoms. The van der Waals surface area contributed by atoms with Crippen molar-refractivity contribution < 1.29 is 4.74 Å². The van der Waals surface area contributed by atoms with Crippen molar-refractivity contribution in [3.05, 3.63) is 11.8 Å². The van der Waals surface area contributed by atoms with Crippen molar-refractivity contribution in [1.82, 2.24) is 9.97 Å². The van der Waals surface area contributed by atoms with Gasteiger partial charge in [-0.05, 0) is 43.9 Å². The van der Waals surface area contributed by atoms with Gasteiger partial charge in [0.2, 0.25) is 11.8 Å². The van der Waals surface area contributed by atoms with Gasteiger partial charge in [0.25, 0.3) is 0 Å². The van der Waals surface area contributed by atoms with E-state index in [-0.39, 0.29) is 0 Å². The van der Waals surface area contributed by atoms with Gasteiger partial charge in [-0.15, -0.1) is 0 Å². The fourth-order valence-corrected chi connectivity index (χ4v) is 3.96. The molecule has 1 aliphatic rings. The molecule has 4 heteroatoms. The second-order valence-corrected chi connectivity index (χ2v) is 7.86. The highest BCUT2D eigenvalue weighted by molar-refractivity contribution is 5.32. The van der Waals surface area contributed by atoms with E-state index < -0.39 is 0 Å². The molecule has 0 bridgehead atoms. The first-order valence-electron chi connectivity index (χ1n) is 7.94. The first-order valence-corrected chi connectivity index (χ1v) is 7.94. The predicted molar refractivity (Wildman–Crippen MR) is 86.8 cm³/mol. The number of nitrogens with zero attached hydrogens (tertiary/aromatic N) is 2. The van der Waals surface area contributed by atoms with E-state index in [0.717, 1.165) is 18.5 Å². The first-order chi connectivity index (χ1) is 9.69. The van der Waals surface area contributed by atoms with Crippen LogP contribution in [0.1, 0.15) is 59.6 Å². The van der Waals surface area contributed by atoms with E-state index >= 15 is 0 Å². The molecular weight excluding hydrogens is 262 g/mol. The summed E-state index contributed by atoms with van der Waals surface area (Å²) in [5.41, 5.74) is 1.64. The second kappa shape index (κ2) is 5.82. The van der Waals surface area contributed by atoms with Crippen LogP contribution < -0.4 is 10.1 Å². The number of aryl methyl sites for hydroxylation is 1. The van der Waals surface area contributed by atoms with Gasteiger partial charge >= 0.3 is 0 Å². The summed E-state index contributed by atoms with van der Waals surface area (Å²) in [6.07, 6.45) is 3.56. The van der Waals surface area contributed by atoms with Gasteiger partial charge in [0.15, 0.2) is 0 Å². The third-order valence-corrected chi connectivity index (χ3v) is 4.01. The number of ether oxygens (including phenoxy) is 1. The molecule has 0 amide bonds. The van der Waals surface area contributed by atoms with Gasteiger partial charge < -0.3 is 10.1 Å². The maximum atomic E-state index is 5.51. The van der Waals surface area contributed by atoms with Gasteiger partial charge in [-0.1, -0.05) is 27.7 Å². The molecule has 1 heterocycles. The molecule has 0 atom stereocenters. The minimum Gasteiger partial charge on any atom is -0.478 e. The number of aromatic nitrogens is 2. The van der Waals surface area contributed by atoms with Crippen molar-refractivity contribution in [2.45, 2.75) is 66.8 Å². The fraction of sp³-hybridized carbons (Fsp3) is 0.765. The van der Waals surface area contributed by atoms with Crippen molar-refractivity contribution >= 4 is 5.95 Å². The van der Waals surface area contributed by atoms with E-state index in [1.807, 2.05) is 19.9 Å². The van der Waals surface area contributed by atoms with Crippen molar-refractivity contribution in [1.29, 1.82) is 0 Å². The summed E-state index contributed by atoms with van der Waals surface area (Å²) in [7, 11) is 0. The Kier molecular flexibility index (Phi) is 4.45. The average Bonchev–Trinajstić information content (AvgIpc) is 2.23. The minimum atomic E-state index is 0.353. The summed E-state index contributed by atoms with van der Waals surface area (Å²) in [4.78, 5) is 8.97. The predicted octanol–water partition coefficient (Wildman–Crippen LogP) is 4.20. The molecule has 0 spiro atoms. The van der Waals surface area contributed by atoms with Crippen LogP contribution in [0.15, 0.2) is 6.07 Å². The normalized spacial score (nSPS) is 21.0. The van der Waals surface area contributed by atoms with E-state index in [4.69, 9.17) is 4.74 Å². The monoisotopic (exact) mass is 291 g/mol. The van der Waals surface area contributed by atoms with Crippen molar-refractivity contribution in [2.24, 2.45) is 10.8 Å². The topological polar surface area (TPSA) is 47.0 Å². The molecule has 0 saturated heterocycles. The zero-order valence-electron chi connectivity index (χ0n) is 14.3. The van der Waals surface area contributed by atoms with E-state index in [2.05, 4.69) is 43.0 Å². The fourth-order valence-electron chi connectivity index (χ4n) is 3.96. The lowest BCUT2D eigenvalue weighted by atomic mass is 9.63. The first kappa shape index (κ1) is 16.1. The van der Waals surface area contributed by atoms with E-state index in [1.165, 1.54) is 6.42 Å². The molecule has 1 aromatic rings. The summed E-state index contributed by atoms with van der Waals surface area (Å²) < 4.78 is 5.51. The van der Waals surface area contributed by atoms with Crippen LogP contribution in [-0.2, 0) is 0 Å². The van der Waals surface area contributed by atoms with Crippen molar-refractivity contribution in [2.75, 3.05) is 11.9 Å². The maximum absolute atomic E-state index is 5.51. The molecule has 1 aromatic heterocycles. The molecule has 1 fully saturated rings. The smallest absolute Gasteiger partial charge is 0.226 e. The number of nitrogens with one attached hydrogen (secondary N) is 1. The standard InChI is InChI=1S/C17H29N3O/c1-7-21-14-8-12(2)18-15(20-14)19-13-9-16(3,4)11-17(5,6)10-13/h8,13H,7,9-11H2,1-6H3,(H,18,19,20). The highest BCUT2D eigenvalue weighted by atomic mass is 16.5. The molecule has 118 valence electrons. The summed E-state index contributed by atoms with van der Waals surface area (Å²) in [6.45, 7) is 14.0. The molecule has 2 rings (SSSR count). The highest BCUT2D eigenvalue weighted by Gasteiger charge is 2.38. The van der Waals surface area contributed by atoms with Gasteiger partial charge in [-0.25, -0.2) is 4.98 Å². The third-order valence-electron chi connectivity index (χ3n) is 4.01. The van der Waals surface area contributed by atoms with Gasteiger partial charge in [0.1, 0.15) is 0 Å². The largest absolute Gasteiger partial charge is 0.478 e. The summed E-state index contributed by atoms with van der Waals surface area (Å²) in [5.74, 6) is 1.35. The van der Waals surface area contributed by atoms with Crippen LogP contribution >= 0.6 is 0 Å². The Labute approximate surface area is 128 Å². The van der Waals surface area contributed by atoms with Crippen LogP contribution in [0.3, 0.4) is 0 Å². The van der Waals surface area contributed by atoms with Gasteiger partial charge in [0, 0.05) is 17.8 Å². The second-order valence-electron chi connectivity index (χ2n) is 7.86. The van der Waals surface area contributed by atoms with E-state index in [1.54, 1.807) is 0 Å². The molecule has 0 radical (unpaired) electrons. The average molecular weight is 291 g/mol. The third kappa shape index (κ3) is 4.58. The molecule has 1 N–H and O–H groups in total. The Morgan fingerprint density at radius 2 is 1.81 bits per heavy atom. The number of hydrogen-bond acceptors (Lipinski definition) is 4. The molecule has 0 unspecified atom stereocenters. The Bertz CT molecular complexity index is 481. The van der Waals surface area contributed by atoms with E-state index in [9.17, 15) is 0 Å². The van der Waals surface area contributed by atoms with Crippen molar-refractivity contribution in [3.63, 3.8) is 0 Å². The van der Waals surface area contributed by atoms with Crippen LogP contribution in [0, 0.1) is 17.8 Å². The summed E-state index contributed by atoms with van der Waals surface area (Å²) in [6, 6.07) is 2.30. The number of anilines is 1. The Morgan fingerprint density at radius 3 is 2.38 bits per heavy atom. The number of rotatable bonds is 4. The molecule has 0 aromatic carbocycles. The Hall–Kier alpha value is -1.32. The van der Waals surface area contributed by atoms with Crippen LogP contribution in [0.4, 0.5) is 5.95 Å². The van der Waals surface area contributed by atoms with Crippen molar-refractivity contribution in [3.8, 4) is 5.88 Å². The van der Waals surface area contributed by atoms with Gasteiger partial charge in [-0.3, -0.25) is 0 Å². The molecule has 1 aliphatic carbocycles. The van der Waals surface area contributed by atoms with E-state index in [0.29, 0.717) is 35.3 Å². The lowest BCUT2D eigenvalue weighted by Gasteiger charge is -2.45. The molecular formula is C17H29N3O. The molecule has 1 saturated carbocycles. The maximum Gasteiger partial charge on any atom is 0.226 e. The minimum absolute atomic E-state index is 0.353. The summed E-state index contributed by atoms with van der Waals surface area (Å²) >= 11 is 0. The van der Waals surface area contributed by atoms with Gasteiger partial charge in [-0.2, -0.15) is 4.98 Å². The number of hydrogen-bond donors (Lipinski definition) is 1. The van der Waals surface area contributed by atoms with Crippen LogP contribution in [0.25, 0.3) is 0 Å². The quantitative estimate of drug-likeness (QED) is 0.903. The van der Waals surface area contributed by atoms with Crippen LogP contribution in [0.2, 0.25) is 0 Å².